The average Bonchev–Trinajstić information content (AvgIpc) is 2.49. The molecule has 66 valence electrons. The molecule has 4 heteroatoms. The lowest BCUT2D eigenvalue weighted by atomic mass is 10.3. The lowest BCUT2D eigenvalue weighted by Crippen LogP contribution is -2.35. The summed E-state index contributed by atoms with van der Waals surface area (Å²) in [5.74, 6) is -0.189. The van der Waals surface area contributed by atoms with Crippen LogP contribution in [0.15, 0.2) is 35.4 Å². The first kappa shape index (κ1) is 7.94. The predicted molar refractivity (Wildman–Crippen MR) is 50.4 cm³/mol. The van der Waals surface area contributed by atoms with E-state index in [1.54, 1.807) is 0 Å². The molecule has 1 atom stereocenters. The molecule has 0 saturated heterocycles. The van der Waals surface area contributed by atoms with E-state index in [9.17, 15) is 4.79 Å². The molecule has 0 unspecified atom stereocenters. The number of amides is 1. The normalized spacial score (nSPS) is 21.2. The molecule has 1 heterocycles. The zero-order valence-electron chi connectivity index (χ0n) is 6.92. The number of nitrogens with zero attached hydrogens (tertiary/aromatic N) is 2. The van der Waals surface area contributed by atoms with E-state index in [0.717, 1.165) is 5.69 Å². The summed E-state index contributed by atoms with van der Waals surface area (Å²) >= 11 is 0. The van der Waals surface area contributed by atoms with Gasteiger partial charge in [0.15, 0.2) is 0 Å². The monoisotopic (exact) mass is 175 g/mol. The zero-order chi connectivity index (χ0) is 9.26. The first-order valence-electron chi connectivity index (χ1n) is 3.98. The molecule has 0 radical (unpaired) electrons. The van der Waals surface area contributed by atoms with E-state index in [-0.39, 0.29) is 5.91 Å². The SMILES string of the molecule is N[C@H]1C=NN(c2ccccc2)C1=O. The van der Waals surface area contributed by atoms with Crippen molar-refractivity contribution in [2.24, 2.45) is 10.8 Å². The number of anilines is 1. The summed E-state index contributed by atoms with van der Waals surface area (Å²) in [5, 5.41) is 5.21. The fourth-order valence-corrected chi connectivity index (χ4v) is 1.16. The van der Waals surface area contributed by atoms with Crippen molar-refractivity contribution >= 4 is 17.8 Å². The van der Waals surface area contributed by atoms with Crippen molar-refractivity contribution in [2.75, 3.05) is 5.01 Å². The molecule has 0 aliphatic carbocycles. The van der Waals surface area contributed by atoms with Gasteiger partial charge >= 0.3 is 0 Å². The van der Waals surface area contributed by atoms with Crippen LogP contribution in [0.25, 0.3) is 0 Å². The molecule has 1 aliphatic heterocycles. The van der Waals surface area contributed by atoms with Gasteiger partial charge in [-0.1, -0.05) is 18.2 Å². The third-order valence-electron chi connectivity index (χ3n) is 1.84. The first-order valence-corrected chi connectivity index (χ1v) is 3.98. The fraction of sp³-hybridized carbons (Fsp3) is 0.111. The van der Waals surface area contributed by atoms with Gasteiger partial charge in [-0.25, -0.2) is 0 Å². The minimum atomic E-state index is -0.597. The molecule has 1 aliphatic rings. The Balaban J connectivity index is 2.30. The Kier molecular flexibility index (Phi) is 1.83. The number of benzene rings is 1. The van der Waals surface area contributed by atoms with E-state index < -0.39 is 6.04 Å². The van der Waals surface area contributed by atoms with Gasteiger partial charge in [-0.05, 0) is 12.1 Å². The van der Waals surface area contributed by atoms with Crippen molar-refractivity contribution in [1.29, 1.82) is 0 Å². The second kappa shape index (κ2) is 2.99. The lowest BCUT2D eigenvalue weighted by Gasteiger charge is -2.11. The Morgan fingerprint density at radius 3 is 2.54 bits per heavy atom. The predicted octanol–water partition coefficient (Wildman–Crippen LogP) is 0.346. The molecule has 0 fully saturated rings. The smallest absolute Gasteiger partial charge is 0.269 e. The second-order valence-corrected chi connectivity index (χ2v) is 2.78. The number of nitrogens with two attached hydrogens (primary N) is 1. The average molecular weight is 175 g/mol. The highest BCUT2D eigenvalue weighted by molar-refractivity contribution is 6.10. The van der Waals surface area contributed by atoms with Gasteiger partial charge in [-0.2, -0.15) is 10.1 Å². The number of rotatable bonds is 1. The van der Waals surface area contributed by atoms with Gasteiger partial charge in [0.25, 0.3) is 5.91 Å². The molecule has 1 amide bonds. The quantitative estimate of drug-likeness (QED) is 0.669. The third kappa shape index (κ3) is 1.31. The number of hydrogen-bond acceptors (Lipinski definition) is 3. The largest absolute Gasteiger partial charge is 0.315 e. The van der Waals surface area contributed by atoms with E-state index in [2.05, 4.69) is 5.10 Å². The van der Waals surface area contributed by atoms with Crippen LogP contribution in [-0.2, 0) is 4.79 Å². The molecule has 1 aromatic carbocycles. The Bertz CT molecular complexity index is 347. The van der Waals surface area contributed by atoms with Gasteiger partial charge in [0.2, 0.25) is 0 Å². The first-order chi connectivity index (χ1) is 6.29. The highest BCUT2D eigenvalue weighted by Gasteiger charge is 2.25. The number of para-hydroxylation sites is 1. The van der Waals surface area contributed by atoms with Crippen LogP contribution in [-0.4, -0.2) is 18.2 Å². The van der Waals surface area contributed by atoms with Crippen LogP contribution in [0.3, 0.4) is 0 Å². The van der Waals surface area contributed by atoms with Crippen LogP contribution in [0.5, 0.6) is 0 Å². The lowest BCUT2D eigenvalue weighted by molar-refractivity contribution is -0.117. The Hall–Kier alpha value is -1.68. The van der Waals surface area contributed by atoms with Crippen LogP contribution in [0.2, 0.25) is 0 Å². The van der Waals surface area contributed by atoms with E-state index in [1.807, 2.05) is 30.3 Å². The third-order valence-corrected chi connectivity index (χ3v) is 1.84. The van der Waals surface area contributed by atoms with Gasteiger partial charge in [-0.3, -0.25) is 4.79 Å². The number of hydrogen-bond donors (Lipinski definition) is 1. The van der Waals surface area contributed by atoms with Crippen molar-refractivity contribution in [3.63, 3.8) is 0 Å². The van der Waals surface area contributed by atoms with Crippen LogP contribution in [0.4, 0.5) is 5.69 Å². The van der Waals surface area contributed by atoms with Crippen LogP contribution in [0.1, 0.15) is 0 Å². The highest BCUT2D eigenvalue weighted by atomic mass is 16.2. The number of carbonyl (C=O) groups is 1. The molecule has 1 aromatic rings. The van der Waals surface area contributed by atoms with Gasteiger partial charge < -0.3 is 5.73 Å². The minimum Gasteiger partial charge on any atom is -0.315 e. The van der Waals surface area contributed by atoms with Crippen molar-refractivity contribution < 1.29 is 4.79 Å². The number of carbonyl (C=O) groups excluding carboxylic acids is 1. The number of hydrazone groups is 1. The van der Waals surface area contributed by atoms with E-state index in [1.165, 1.54) is 11.2 Å². The van der Waals surface area contributed by atoms with Crippen molar-refractivity contribution in [2.45, 2.75) is 6.04 Å². The zero-order valence-corrected chi connectivity index (χ0v) is 6.92. The van der Waals surface area contributed by atoms with Crippen LogP contribution < -0.4 is 10.7 Å². The van der Waals surface area contributed by atoms with E-state index in [4.69, 9.17) is 5.73 Å². The fourth-order valence-electron chi connectivity index (χ4n) is 1.16. The van der Waals surface area contributed by atoms with Crippen molar-refractivity contribution in [3.05, 3.63) is 30.3 Å². The summed E-state index contributed by atoms with van der Waals surface area (Å²) in [6.07, 6.45) is 1.44. The standard InChI is InChI=1S/C9H9N3O/c10-8-6-11-12(9(8)13)7-4-2-1-3-5-7/h1-6,8H,10H2/t8-/m0/s1. The molecule has 0 aromatic heterocycles. The molecule has 0 saturated carbocycles. The molecule has 2 rings (SSSR count). The summed E-state index contributed by atoms with van der Waals surface area (Å²) in [4.78, 5) is 11.4. The van der Waals surface area contributed by atoms with E-state index >= 15 is 0 Å². The summed E-state index contributed by atoms with van der Waals surface area (Å²) < 4.78 is 0. The van der Waals surface area contributed by atoms with Crippen molar-refractivity contribution in [1.82, 2.24) is 0 Å². The molecule has 13 heavy (non-hydrogen) atoms. The Morgan fingerprint density at radius 1 is 1.31 bits per heavy atom. The Morgan fingerprint density at radius 2 is 2.00 bits per heavy atom. The molecule has 4 nitrogen and oxygen atoms in total. The van der Waals surface area contributed by atoms with Gasteiger partial charge in [0, 0.05) is 0 Å². The Labute approximate surface area is 75.6 Å². The molecular weight excluding hydrogens is 166 g/mol. The van der Waals surface area contributed by atoms with Gasteiger partial charge in [0.1, 0.15) is 6.04 Å². The summed E-state index contributed by atoms with van der Waals surface area (Å²) in [6, 6.07) is 8.61. The molecular formula is C9H9N3O. The summed E-state index contributed by atoms with van der Waals surface area (Å²) in [5.41, 5.74) is 6.21. The summed E-state index contributed by atoms with van der Waals surface area (Å²) in [7, 11) is 0. The topological polar surface area (TPSA) is 58.7 Å². The molecule has 0 bridgehead atoms. The maximum Gasteiger partial charge on any atom is 0.269 e. The highest BCUT2D eigenvalue weighted by Crippen LogP contribution is 2.16. The second-order valence-electron chi connectivity index (χ2n) is 2.78. The maximum absolute atomic E-state index is 11.4. The maximum atomic E-state index is 11.4. The van der Waals surface area contributed by atoms with Crippen molar-refractivity contribution in [3.8, 4) is 0 Å². The van der Waals surface area contributed by atoms with E-state index in [0.29, 0.717) is 0 Å². The van der Waals surface area contributed by atoms with Crippen LogP contribution in [0, 0.1) is 0 Å². The molecule has 0 spiro atoms. The van der Waals surface area contributed by atoms with Gasteiger partial charge in [0.05, 0.1) is 11.9 Å². The minimum absolute atomic E-state index is 0.189. The molecule has 2 N–H and O–H groups in total. The summed E-state index contributed by atoms with van der Waals surface area (Å²) in [6.45, 7) is 0. The van der Waals surface area contributed by atoms with Gasteiger partial charge in [-0.15, -0.1) is 0 Å². The van der Waals surface area contributed by atoms with Crippen LogP contribution >= 0.6 is 0 Å².